The van der Waals surface area contributed by atoms with Gasteiger partial charge in [-0.05, 0) is 42.5 Å². The van der Waals surface area contributed by atoms with Gasteiger partial charge in [0.15, 0.2) is 0 Å². The van der Waals surface area contributed by atoms with Gasteiger partial charge in [-0.25, -0.2) is 0 Å². The first-order chi connectivity index (χ1) is 8.15. The Kier molecular flexibility index (Phi) is 6.23. The Balaban J connectivity index is 2.45. The Bertz CT molecular complexity index is 320. The third-order valence-electron chi connectivity index (χ3n) is 3.45. The zero-order valence-corrected chi connectivity index (χ0v) is 11.4. The lowest BCUT2D eigenvalue weighted by Crippen LogP contribution is -2.24. The van der Waals surface area contributed by atoms with E-state index in [4.69, 9.17) is 5.73 Å². The maximum Gasteiger partial charge on any atom is 0.0208 e. The van der Waals surface area contributed by atoms with Crippen LogP contribution in [0.5, 0.6) is 0 Å². The van der Waals surface area contributed by atoms with Crippen molar-refractivity contribution in [3.8, 4) is 0 Å². The first kappa shape index (κ1) is 14.2. The van der Waals surface area contributed by atoms with Gasteiger partial charge in [0.05, 0.1) is 0 Å². The van der Waals surface area contributed by atoms with Crippen molar-refractivity contribution in [2.45, 2.75) is 33.7 Å². The molecular weight excluding hydrogens is 208 g/mol. The lowest BCUT2D eigenvalue weighted by atomic mass is 9.98. The fraction of sp³-hybridized carbons (Fsp3) is 0.600. The molecule has 1 aromatic carbocycles. The van der Waals surface area contributed by atoms with Crippen LogP contribution >= 0.6 is 0 Å². The van der Waals surface area contributed by atoms with Crippen LogP contribution in [0.4, 0.5) is 0 Å². The molecule has 1 unspecified atom stereocenters. The number of rotatable bonds is 7. The first-order valence-corrected chi connectivity index (χ1v) is 6.62. The second-order valence-corrected chi connectivity index (χ2v) is 5.16. The van der Waals surface area contributed by atoms with E-state index in [2.05, 4.69) is 50.4 Å². The summed E-state index contributed by atoms with van der Waals surface area (Å²) in [5.74, 6) is 1.46. The maximum atomic E-state index is 5.63. The summed E-state index contributed by atoms with van der Waals surface area (Å²) in [5.41, 5.74) is 8.38. The van der Waals surface area contributed by atoms with Crippen LogP contribution in [0.2, 0.25) is 0 Å². The molecule has 0 spiro atoms. The van der Waals surface area contributed by atoms with Crippen LogP contribution in [0.15, 0.2) is 24.3 Å². The molecule has 1 aromatic rings. The van der Waals surface area contributed by atoms with Crippen LogP contribution in [0.25, 0.3) is 0 Å². The van der Waals surface area contributed by atoms with Crippen molar-refractivity contribution in [2.24, 2.45) is 17.6 Å². The molecule has 0 aliphatic heterocycles. The third kappa shape index (κ3) is 4.88. The van der Waals surface area contributed by atoms with E-state index in [-0.39, 0.29) is 0 Å². The zero-order valence-electron chi connectivity index (χ0n) is 11.4. The van der Waals surface area contributed by atoms with Crippen LogP contribution < -0.4 is 11.1 Å². The molecule has 0 radical (unpaired) electrons. The average molecular weight is 234 g/mol. The number of nitrogens with two attached hydrogens (primary N) is 1. The lowest BCUT2D eigenvalue weighted by Gasteiger charge is -2.17. The van der Waals surface area contributed by atoms with E-state index >= 15 is 0 Å². The Morgan fingerprint density at radius 3 is 2.35 bits per heavy atom. The SMILES string of the molecule is CC(C)C(C)CNCc1ccccc1CCN. The predicted octanol–water partition coefficient (Wildman–Crippen LogP) is 2.57. The van der Waals surface area contributed by atoms with Crippen LogP contribution in [-0.4, -0.2) is 13.1 Å². The van der Waals surface area contributed by atoms with E-state index < -0.39 is 0 Å². The van der Waals surface area contributed by atoms with Crippen molar-refractivity contribution in [1.82, 2.24) is 5.32 Å². The lowest BCUT2D eigenvalue weighted by molar-refractivity contribution is 0.392. The Morgan fingerprint density at radius 2 is 1.76 bits per heavy atom. The normalized spacial score (nSPS) is 13.0. The van der Waals surface area contributed by atoms with E-state index in [1.807, 2.05) is 0 Å². The van der Waals surface area contributed by atoms with Gasteiger partial charge in [0.25, 0.3) is 0 Å². The highest BCUT2D eigenvalue weighted by Crippen LogP contribution is 2.11. The van der Waals surface area contributed by atoms with Gasteiger partial charge in [-0.2, -0.15) is 0 Å². The van der Waals surface area contributed by atoms with E-state index in [1.165, 1.54) is 11.1 Å². The summed E-state index contributed by atoms with van der Waals surface area (Å²) < 4.78 is 0. The van der Waals surface area contributed by atoms with Gasteiger partial charge in [0.2, 0.25) is 0 Å². The molecule has 1 atom stereocenters. The molecule has 0 heterocycles. The molecule has 0 aromatic heterocycles. The Morgan fingerprint density at radius 1 is 1.12 bits per heavy atom. The van der Waals surface area contributed by atoms with Crippen LogP contribution in [0.3, 0.4) is 0 Å². The topological polar surface area (TPSA) is 38.0 Å². The minimum absolute atomic E-state index is 0.719. The van der Waals surface area contributed by atoms with Gasteiger partial charge in [-0.3, -0.25) is 0 Å². The number of benzene rings is 1. The molecule has 17 heavy (non-hydrogen) atoms. The summed E-state index contributed by atoms with van der Waals surface area (Å²) in [4.78, 5) is 0. The summed E-state index contributed by atoms with van der Waals surface area (Å²) >= 11 is 0. The number of hydrogen-bond donors (Lipinski definition) is 2. The quantitative estimate of drug-likeness (QED) is 0.761. The van der Waals surface area contributed by atoms with Gasteiger partial charge in [-0.1, -0.05) is 45.0 Å². The average Bonchev–Trinajstić information content (AvgIpc) is 2.31. The molecule has 0 saturated carbocycles. The second-order valence-electron chi connectivity index (χ2n) is 5.16. The predicted molar refractivity (Wildman–Crippen MR) is 74.9 cm³/mol. The van der Waals surface area contributed by atoms with Crippen LogP contribution in [0, 0.1) is 11.8 Å². The summed E-state index contributed by atoms with van der Waals surface area (Å²) in [5, 5.41) is 3.54. The van der Waals surface area contributed by atoms with Gasteiger partial charge < -0.3 is 11.1 Å². The first-order valence-electron chi connectivity index (χ1n) is 6.62. The van der Waals surface area contributed by atoms with Crippen molar-refractivity contribution >= 4 is 0 Å². The van der Waals surface area contributed by atoms with Gasteiger partial charge >= 0.3 is 0 Å². The zero-order chi connectivity index (χ0) is 12.7. The highest BCUT2D eigenvalue weighted by atomic mass is 14.9. The van der Waals surface area contributed by atoms with Crippen molar-refractivity contribution < 1.29 is 0 Å². The van der Waals surface area contributed by atoms with E-state index in [0.717, 1.165) is 37.9 Å². The van der Waals surface area contributed by atoms with Crippen molar-refractivity contribution in [3.05, 3.63) is 35.4 Å². The van der Waals surface area contributed by atoms with Crippen LogP contribution in [0.1, 0.15) is 31.9 Å². The number of hydrogen-bond acceptors (Lipinski definition) is 2. The highest BCUT2D eigenvalue weighted by molar-refractivity contribution is 5.27. The fourth-order valence-corrected chi connectivity index (χ4v) is 1.80. The molecule has 0 bridgehead atoms. The molecule has 0 aliphatic rings. The fourth-order valence-electron chi connectivity index (χ4n) is 1.80. The molecule has 0 aliphatic carbocycles. The Hall–Kier alpha value is -0.860. The van der Waals surface area contributed by atoms with E-state index in [0.29, 0.717) is 0 Å². The van der Waals surface area contributed by atoms with Crippen molar-refractivity contribution in [3.63, 3.8) is 0 Å². The largest absolute Gasteiger partial charge is 0.330 e. The molecule has 0 fully saturated rings. The number of nitrogens with one attached hydrogen (secondary N) is 1. The molecular formula is C15H26N2. The Labute approximate surface area is 106 Å². The molecule has 3 N–H and O–H groups in total. The third-order valence-corrected chi connectivity index (χ3v) is 3.45. The van der Waals surface area contributed by atoms with Gasteiger partial charge in [0.1, 0.15) is 0 Å². The summed E-state index contributed by atoms with van der Waals surface area (Å²) in [6.45, 7) is 9.59. The monoisotopic (exact) mass is 234 g/mol. The maximum absolute atomic E-state index is 5.63. The van der Waals surface area contributed by atoms with E-state index in [1.54, 1.807) is 0 Å². The second kappa shape index (κ2) is 7.46. The standard InChI is InChI=1S/C15H26N2/c1-12(2)13(3)10-17-11-15-7-5-4-6-14(15)8-9-16/h4-7,12-13,17H,8-11,16H2,1-3H3. The van der Waals surface area contributed by atoms with Gasteiger partial charge in [-0.15, -0.1) is 0 Å². The van der Waals surface area contributed by atoms with E-state index in [9.17, 15) is 0 Å². The summed E-state index contributed by atoms with van der Waals surface area (Å²) in [6.07, 6.45) is 0.970. The minimum atomic E-state index is 0.719. The molecule has 0 amide bonds. The van der Waals surface area contributed by atoms with Gasteiger partial charge in [0, 0.05) is 6.54 Å². The molecule has 96 valence electrons. The van der Waals surface area contributed by atoms with Crippen LogP contribution in [-0.2, 0) is 13.0 Å². The minimum Gasteiger partial charge on any atom is -0.330 e. The smallest absolute Gasteiger partial charge is 0.0208 e. The highest BCUT2D eigenvalue weighted by Gasteiger charge is 2.06. The van der Waals surface area contributed by atoms with Crippen molar-refractivity contribution in [1.29, 1.82) is 0 Å². The molecule has 1 rings (SSSR count). The molecule has 0 saturated heterocycles. The molecule has 2 heteroatoms. The molecule has 2 nitrogen and oxygen atoms in total. The van der Waals surface area contributed by atoms with Crippen molar-refractivity contribution in [2.75, 3.05) is 13.1 Å². The summed E-state index contributed by atoms with van der Waals surface area (Å²) in [7, 11) is 0. The summed E-state index contributed by atoms with van der Waals surface area (Å²) in [6, 6.07) is 8.56.